The van der Waals surface area contributed by atoms with Crippen LogP contribution in [0.15, 0.2) is 53.8 Å². The Morgan fingerprint density at radius 3 is 2.44 bits per heavy atom. The van der Waals surface area contributed by atoms with Gasteiger partial charge in [-0.1, -0.05) is 18.2 Å². The summed E-state index contributed by atoms with van der Waals surface area (Å²) < 4.78 is 54.5. The monoisotopic (exact) mass is 516 g/mol. The summed E-state index contributed by atoms with van der Waals surface area (Å²) in [6.07, 6.45) is -3.52. The topological polar surface area (TPSA) is 114 Å². The van der Waals surface area contributed by atoms with Gasteiger partial charge in [-0.3, -0.25) is 14.9 Å². The Kier molecular flexibility index (Phi) is 5.21. The van der Waals surface area contributed by atoms with Crippen LogP contribution in [0.5, 0.6) is 0 Å². The van der Waals surface area contributed by atoms with Gasteiger partial charge in [0, 0.05) is 22.9 Å². The molecule has 1 aliphatic heterocycles. The molecule has 2 amide bonds. The molecule has 0 radical (unpaired) electrons. The van der Waals surface area contributed by atoms with Gasteiger partial charge in [0.2, 0.25) is 0 Å². The first-order valence-corrected chi connectivity index (χ1v) is 10.5. The highest BCUT2D eigenvalue weighted by molar-refractivity contribution is 6.31. The van der Waals surface area contributed by atoms with Crippen LogP contribution in [-0.4, -0.2) is 27.6 Å². The van der Waals surface area contributed by atoms with Crippen molar-refractivity contribution >= 4 is 57.4 Å². The van der Waals surface area contributed by atoms with E-state index < -0.39 is 29.5 Å². The normalized spacial score (nSPS) is 13.6. The van der Waals surface area contributed by atoms with Gasteiger partial charge in [-0.05, 0) is 41.8 Å². The zero-order chi connectivity index (χ0) is 25.9. The van der Waals surface area contributed by atoms with E-state index in [1.165, 1.54) is 30.5 Å². The third-order valence-electron chi connectivity index (χ3n) is 5.50. The number of anilines is 2. The number of nitrogens with two attached hydrogens (primary N) is 1. The van der Waals surface area contributed by atoms with E-state index in [0.717, 1.165) is 16.6 Å². The number of pyridine rings is 1. The minimum atomic E-state index is -4.75. The van der Waals surface area contributed by atoms with Crippen molar-refractivity contribution in [1.82, 2.24) is 14.9 Å². The maximum Gasteiger partial charge on any atom is 0.435 e. The number of hydrogen-bond acceptors (Lipinski definition) is 6. The van der Waals surface area contributed by atoms with Gasteiger partial charge in [-0.25, -0.2) is 13.9 Å². The Hall–Kier alpha value is -4.45. The molecule has 0 fully saturated rings. The lowest BCUT2D eigenvalue weighted by molar-refractivity contribution is -0.141. The number of halogens is 5. The number of imide groups is 1. The average molecular weight is 517 g/mol. The van der Waals surface area contributed by atoms with Gasteiger partial charge in [-0.2, -0.15) is 18.3 Å². The van der Waals surface area contributed by atoms with Crippen molar-refractivity contribution in [2.24, 2.45) is 4.99 Å². The highest BCUT2D eigenvalue weighted by Gasteiger charge is 2.35. The molecule has 8 nitrogen and oxygen atoms in total. The van der Waals surface area contributed by atoms with Crippen molar-refractivity contribution in [3.63, 3.8) is 0 Å². The van der Waals surface area contributed by atoms with E-state index in [2.05, 4.69) is 27.3 Å². The average Bonchev–Trinajstić information content (AvgIpc) is 3.37. The van der Waals surface area contributed by atoms with Crippen molar-refractivity contribution in [2.45, 2.75) is 6.18 Å². The second kappa shape index (κ2) is 8.05. The minimum Gasteiger partial charge on any atom is -0.383 e. The number of rotatable bonds is 4. The van der Waals surface area contributed by atoms with Gasteiger partial charge in [-0.15, -0.1) is 0 Å². The quantitative estimate of drug-likeness (QED) is 0.205. The molecule has 1 aliphatic rings. The summed E-state index contributed by atoms with van der Waals surface area (Å²) in [6.45, 7) is 3.74. The van der Waals surface area contributed by atoms with Gasteiger partial charge in [0.1, 0.15) is 17.5 Å². The highest BCUT2D eigenvalue weighted by Crippen LogP contribution is 2.36. The first kappa shape index (κ1) is 23.3. The summed E-state index contributed by atoms with van der Waals surface area (Å²) in [4.78, 5) is 28.5. The number of benzene rings is 2. The zero-order valence-electron chi connectivity index (χ0n) is 17.9. The van der Waals surface area contributed by atoms with Crippen molar-refractivity contribution in [1.29, 1.82) is 0 Å². The fourth-order valence-corrected chi connectivity index (χ4v) is 4.03. The Morgan fingerprint density at radius 1 is 1.14 bits per heavy atom. The number of aromatic nitrogens is 2. The Bertz CT molecular complexity index is 1680. The molecule has 0 atom stereocenters. The van der Waals surface area contributed by atoms with Crippen LogP contribution in [0.1, 0.15) is 32.0 Å². The molecule has 4 aromatic rings. The van der Waals surface area contributed by atoms with Gasteiger partial charge < -0.3 is 11.1 Å². The van der Waals surface area contributed by atoms with Crippen LogP contribution in [0.2, 0.25) is 5.02 Å². The summed E-state index contributed by atoms with van der Waals surface area (Å²) in [6, 6.07) is 7.34. The van der Waals surface area contributed by atoms with E-state index in [1.807, 2.05) is 0 Å². The SMILES string of the molecule is C=C(/N=C\c1c(N)n2nc(C(F)(F)F)cc2c2cc3c(cc12)C(=O)NC3=O)Nc1ccc(F)c(Cl)c1. The summed E-state index contributed by atoms with van der Waals surface area (Å²) in [5.74, 6) is -2.07. The highest BCUT2D eigenvalue weighted by atomic mass is 35.5. The fraction of sp³-hybridized carbons (Fsp3) is 0.0435. The number of nitrogens with one attached hydrogen (secondary N) is 2. The second-order valence-corrected chi connectivity index (χ2v) is 8.22. The lowest BCUT2D eigenvalue weighted by atomic mass is 9.99. The van der Waals surface area contributed by atoms with E-state index in [4.69, 9.17) is 17.3 Å². The standard InChI is InChI=1S/C23H13ClF4N6O2/c1-9(31-10-2-3-17(25)16(24)4-10)30-8-15-11-5-13-14(22(36)32-21(13)35)6-12(11)18-7-19(23(26,27)28)33-34(18)20(15)29/h2-8,31H,1,29H2,(H,32,35,36)/b30-8-. The number of nitrogens with zero attached hydrogens (tertiary/aromatic N) is 3. The van der Waals surface area contributed by atoms with Crippen molar-refractivity contribution in [2.75, 3.05) is 11.1 Å². The third kappa shape index (κ3) is 3.81. The molecule has 5 rings (SSSR count). The molecule has 0 bridgehead atoms. The number of carbonyl (C=O) groups excluding carboxylic acids is 2. The van der Waals surface area contributed by atoms with E-state index in [-0.39, 0.29) is 49.6 Å². The molecular weight excluding hydrogens is 504 g/mol. The minimum absolute atomic E-state index is 0.0103. The smallest absolute Gasteiger partial charge is 0.383 e. The Balaban J connectivity index is 1.67. The van der Waals surface area contributed by atoms with Crippen LogP contribution >= 0.6 is 11.6 Å². The molecule has 0 aliphatic carbocycles. The number of alkyl halides is 3. The largest absolute Gasteiger partial charge is 0.435 e. The second-order valence-electron chi connectivity index (χ2n) is 7.81. The van der Waals surface area contributed by atoms with Gasteiger partial charge >= 0.3 is 6.18 Å². The lowest BCUT2D eigenvalue weighted by Gasteiger charge is -2.11. The van der Waals surface area contributed by atoms with Crippen LogP contribution < -0.4 is 16.4 Å². The van der Waals surface area contributed by atoms with E-state index in [9.17, 15) is 27.2 Å². The summed E-state index contributed by atoms with van der Waals surface area (Å²) in [5, 5.41) is 8.86. The molecule has 0 saturated carbocycles. The molecule has 0 spiro atoms. The van der Waals surface area contributed by atoms with Gasteiger partial charge in [0.05, 0.1) is 21.7 Å². The third-order valence-corrected chi connectivity index (χ3v) is 5.79. The molecule has 3 heterocycles. The van der Waals surface area contributed by atoms with Crippen LogP contribution in [0.3, 0.4) is 0 Å². The molecule has 2 aromatic heterocycles. The maximum absolute atomic E-state index is 13.4. The lowest BCUT2D eigenvalue weighted by Crippen LogP contribution is -2.19. The number of fused-ring (bicyclic) bond motifs is 4. The summed E-state index contributed by atoms with van der Waals surface area (Å²) in [7, 11) is 0. The van der Waals surface area contributed by atoms with E-state index >= 15 is 0 Å². The molecule has 36 heavy (non-hydrogen) atoms. The summed E-state index contributed by atoms with van der Waals surface area (Å²) >= 11 is 5.77. The number of nitrogen functional groups attached to an aromatic ring is 1. The van der Waals surface area contributed by atoms with Crippen molar-refractivity contribution < 1.29 is 27.2 Å². The number of carbonyl (C=O) groups is 2. The van der Waals surface area contributed by atoms with E-state index in [0.29, 0.717) is 5.69 Å². The maximum atomic E-state index is 13.4. The first-order chi connectivity index (χ1) is 16.9. The Morgan fingerprint density at radius 2 is 1.81 bits per heavy atom. The predicted octanol–water partition coefficient (Wildman–Crippen LogP) is 4.77. The number of aliphatic imine (C=N–C) groups is 1. The molecule has 2 aromatic carbocycles. The van der Waals surface area contributed by atoms with E-state index in [1.54, 1.807) is 0 Å². The molecule has 182 valence electrons. The van der Waals surface area contributed by atoms with Gasteiger partial charge in [0.15, 0.2) is 5.69 Å². The van der Waals surface area contributed by atoms with Crippen molar-refractivity contribution in [3.8, 4) is 0 Å². The molecular formula is C23H13ClF4N6O2. The molecule has 0 saturated heterocycles. The number of hydrogen-bond donors (Lipinski definition) is 3. The Labute approximate surface area is 204 Å². The molecule has 13 heteroatoms. The van der Waals surface area contributed by atoms with Crippen LogP contribution in [0, 0.1) is 5.82 Å². The molecule has 4 N–H and O–H groups in total. The van der Waals surface area contributed by atoms with Crippen LogP contribution in [0.4, 0.5) is 29.1 Å². The fourth-order valence-electron chi connectivity index (χ4n) is 3.85. The van der Waals surface area contributed by atoms with Crippen molar-refractivity contribution in [3.05, 3.63) is 82.0 Å². The van der Waals surface area contributed by atoms with Gasteiger partial charge in [0.25, 0.3) is 11.8 Å². The zero-order valence-corrected chi connectivity index (χ0v) is 18.6. The number of amides is 2. The predicted molar refractivity (Wildman–Crippen MR) is 126 cm³/mol. The summed E-state index contributed by atoms with van der Waals surface area (Å²) in [5.41, 5.74) is 5.55. The molecule has 0 unspecified atom stereocenters. The van der Waals surface area contributed by atoms with Crippen LogP contribution in [-0.2, 0) is 6.18 Å². The van der Waals surface area contributed by atoms with Crippen LogP contribution in [0.25, 0.3) is 16.3 Å². The first-order valence-electron chi connectivity index (χ1n) is 10.1.